The Kier molecular flexibility index (Phi) is 5.23. The number of anilines is 2. The molecule has 0 bridgehead atoms. The van der Waals surface area contributed by atoms with Crippen molar-refractivity contribution < 1.29 is 14.4 Å². The van der Waals surface area contributed by atoms with Crippen molar-refractivity contribution in [1.29, 1.82) is 0 Å². The fraction of sp³-hybridized carbons (Fsp3) is 0.444. The number of amides is 1. The van der Waals surface area contributed by atoms with Crippen LogP contribution in [0.4, 0.5) is 11.5 Å². The first kappa shape index (κ1) is 17.3. The number of carbonyl (C=O) groups is 1. The van der Waals surface area contributed by atoms with Gasteiger partial charge in [0.15, 0.2) is 5.82 Å². The molecule has 7 nitrogen and oxygen atoms in total. The third-order valence-electron chi connectivity index (χ3n) is 4.55. The molecule has 25 heavy (non-hydrogen) atoms. The molecule has 3 rings (SSSR count). The Balaban J connectivity index is 1.60. The van der Waals surface area contributed by atoms with E-state index < -0.39 is 0 Å². The molecule has 2 N–H and O–H groups in total. The first-order chi connectivity index (χ1) is 12.1. The van der Waals surface area contributed by atoms with Gasteiger partial charge in [-0.15, -0.1) is 0 Å². The van der Waals surface area contributed by atoms with Gasteiger partial charge < -0.3 is 19.8 Å². The summed E-state index contributed by atoms with van der Waals surface area (Å²) in [5.41, 5.74) is 0.845. The Morgan fingerprint density at radius 3 is 2.64 bits per heavy atom. The zero-order valence-electron chi connectivity index (χ0n) is 14.6. The van der Waals surface area contributed by atoms with E-state index in [1.54, 1.807) is 19.1 Å². The summed E-state index contributed by atoms with van der Waals surface area (Å²) in [6.07, 6.45) is 0.721. The Morgan fingerprint density at radius 1 is 1.32 bits per heavy atom. The lowest BCUT2D eigenvalue weighted by Gasteiger charge is -2.39. The second kappa shape index (κ2) is 7.57. The van der Waals surface area contributed by atoms with E-state index >= 15 is 0 Å². The minimum atomic E-state index is -0.205. The quantitative estimate of drug-likeness (QED) is 0.866. The van der Waals surface area contributed by atoms with Crippen molar-refractivity contribution in [2.45, 2.75) is 26.3 Å². The number of para-hydroxylation sites is 2. The number of aromatic nitrogens is 1. The van der Waals surface area contributed by atoms with Gasteiger partial charge in [-0.3, -0.25) is 9.69 Å². The monoisotopic (exact) mass is 344 g/mol. The third-order valence-corrected chi connectivity index (χ3v) is 4.55. The molecule has 1 aromatic heterocycles. The molecular weight excluding hydrogens is 320 g/mol. The number of rotatable bonds is 5. The van der Waals surface area contributed by atoms with Crippen LogP contribution < -0.4 is 10.2 Å². The van der Waals surface area contributed by atoms with E-state index in [1.807, 2.05) is 25.1 Å². The number of nitrogens with zero attached hydrogens (tertiary/aromatic N) is 3. The van der Waals surface area contributed by atoms with Crippen LogP contribution >= 0.6 is 0 Å². The summed E-state index contributed by atoms with van der Waals surface area (Å²) in [5.74, 6) is 1.35. The third kappa shape index (κ3) is 3.93. The molecule has 2 aromatic rings. The van der Waals surface area contributed by atoms with Crippen LogP contribution in [0.2, 0.25) is 0 Å². The van der Waals surface area contributed by atoms with Gasteiger partial charge in [0, 0.05) is 32.2 Å². The van der Waals surface area contributed by atoms with Crippen LogP contribution in [0, 0.1) is 6.92 Å². The lowest BCUT2D eigenvalue weighted by Crippen LogP contribution is -2.53. The van der Waals surface area contributed by atoms with Gasteiger partial charge in [-0.05, 0) is 25.5 Å². The molecule has 1 fully saturated rings. The van der Waals surface area contributed by atoms with Crippen LogP contribution in [0.25, 0.3) is 0 Å². The molecule has 0 unspecified atom stereocenters. The van der Waals surface area contributed by atoms with Crippen LogP contribution in [0.15, 0.2) is 34.9 Å². The summed E-state index contributed by atoms with van der Waals surface area (Å²) in [5, 5.41) is 16.6. The molecule has 0 saturated carbocycles. The molecular formula is C18H24N4O3. The summed E-state index contributed by atoms with van der Waals surface area (Å²) < 4.78 is 4.99. The van der Waals surface area contributed by atoms with Crippen molar-refractivity contribution in [3.63, 3.8) is 0 Å². The van der Waals surface area contributed by atoms with Crippen LogP contribution in [-0.2, 0) is 4.79 Å². The lowest BCUT2D eigenvalue weighted by molar-refractivity contribution is -0.121. The van der Waals surface area contributed by atoms with Crippen LogP contribution in [-0.4, -0.2) is 53.3 Å². The van der Waals surface area contributed by atoms with Gasteiger partial charge in [-0.25, -0.2) is 0 Å². The van der Waals surface area contributed by atoms with Crippen LogP contribution in [0.5, 0.6) is 5.75 Å². The molecule has 2 heterocycles. The van der Waals surface area contributed by atoms with Crippen molar-refractivity contribution in [2.75, 3.05) is 36.4 Å². The standard InChI is InChI=1S/C18H24N4O3/c1-3-14(18(24)19-17-12-13(2)25-20-17)21-8-10-22(11-9-21)15-6-4-5-7-16(15)23/h4-7,12,14,23H,3,8-11H2,1-2H3,(H,19,20,24)/t14-/m0/s1. The van der Waals surface area contributed by atoms with Crippen molar-refractivity contribution in [1.82, 2.24) is 10.1 Å². The van der Waals surface area contributed by atoms with Crippen LogP contribution in [0.3, 0.4) is 0 Å². The van der Waals surface area contributed by atoms with E-state index in [0.29, 0.717) is 17.3 Å². The molecule has 1 aliphatic rings. The molecule has 134 valence electrons. The molecule has 1 atom stereocenters. The lowest BCUT2D eigenvalue weighted by atomic mass is 10.1. The maximum Gasteiger partial charge on any atom is 0.242 e. The van der Waals surface area contributed by atoms with E-state index in [2.05, 4.69) is 20.3 Å². The number of phenols is 1. The number of benzene rings is 1. The minimum absolute atomic E-state index is 0.0631. The maximum absolute atomic E-state index is 12.6. The van der Waals surface area contributed by atoms with Gasteiger partial charge in [0.25, 0.3) is 0 Å². The smallest absolute Gasteiger partial charge is 0.242 e. The highest BCUT2D eigenvalue weighted by molar-refractivity contribution is 5.94. The SMILES string of the molecule is CC[C@@H](C(=O)Nc1cc(C)on1)N1CCN(c2ccccc2O)CC1. The summed E-state index contributed by atoms with van der Waals surface area (Å²) in [6.45, 7) is 6.86. The number of piperazine rings is 1. The normalized spacial score (nSPS) is 16.6. The second-order valence-electron chi connectivity index (χ2n) is 6.25. The van der Waals surface area contributed by atoms with E-state index in [1.165, 1.54) is 0 Å². The zero-order chi connectivity index (χ0) is 17.8. The highest BCUT2D eigenvalue weighted by atomic mass is 16.5. The van der Waals surface area contributed by atoms with Gasteiger partial charge in [0.2, 0.25) is 5.91 Å². The van der Waals surface area contributed by atoms with Crippen molar-refractivity contribution >= 4 is 17.4 Å². The molecule has 1 aromatic carbocycles. The van der Waals surface area contributed by atoms with E-state index in [4.69, 9.17) is 4.52 Å². The predicted octanol–water partition coefficient (Wildman–Crippen LogP) is 2.23. The molecule has 7 heteroatoms. The summed E-state index contributed by atoms with van der Waals surface area (Å²) in [4.78, 5) is 16.9. The first-order valence-electron chi connectivity index (χ1n) is 8.59. The second-order valence-corrected chi connectivity index (χ2v) is 6.25. The fourth-order valence-electron chi connectivity index (χ4n) is 3.25. The molecule has 1 saturated heterocycles. The van der Waals surface area contributed by atoms with Crippen molar-refractivity contribution in [2.24, 2.45) is 0 Å². The van der Waals surface area contributed by atoms with Gasteiger partial charge in [0.05, 0.1) is 11.7 Å². The average molecular weight is 344 g/mol. The van der Waals surface area contributed by atoms with Gasteiger partial charge in [-0.2, -0.15) is 0 Å². The average Bonchev–Trinajstić information content (AvgIpc) is 3.01. The summed E-state index contributed by atoms with van der Waals surface area (Å²) >= 11 is 0. The highest BCUT2D eigenvalue weighted by Crippen LogP contribution is 2.27. The number of nitrogens with one attached hydrogen (secondary N) is 1. The topological polar surface area (TPSA) is 81.8 Å². The molecule has 0 spiro atoms. The highest BCUT2D eigenvalue weighted by Gasteiger charge is 2.28. The van der Waals surface area contributed by atoms with E-state index in [-0.39, 0.29) is 11.9 Å². The number of aryl methyl sites for hydroxylation is 1. The Bertz CT molecular complexity index is 723. The molecule has 0 aliphatic carbocycles. The van der Waals surface area contributed by atoms with Gasteiger partial charge >= 0.3 is 0 Å². The summed E-state index contributed by atoms with van der Waals surface area (Å²) in [7, 11) is 0. The Hall–Kier alpha value is -2.54. The maximum atomic E-state index is 12.6. The minimum Gasteiger partial charge on any atom is -0.506 e. The number of hydrogen-bond donors (Lipinski definition) is 2. The summed E-state index contributed by atoms with van der Waals surface area (Å²) in [6, 6.07) is 8.86. The van der Waals surface area contributed by atoms with E-state index in [0.717, 1.165) is 38.3 Å². The molecule has 1 aliphatic heterocycles. The molecule has 0 radical (unpaired) electrons. The van der Waals surface area contributed by atoms with Crippen LogP contribution in [0.1, 0.15) is 19.1 Å². The Labute approximate surface area is 147 Å². The largest absolute Gasteiger partial charge is 0.506 e. The first-order valence-corrected chi connectivity index (χ1v) is 8.59. The number of phenolic OH excluding ortho intramolecular Hbond substituents is 1. The van der Waals surface area contributed by atoms with Crippen molar-refractivity contribution in [3.05, 3.63) is 36.1 Å². The van der Waals surface area contributed by atoms with Crippen molar-refractivity contribution in [3.8, 4) is 5.75 Å². The number of hydrogen-bond acceptors (Lipinski definition) is 6. The van der Waals surface area contributed by atoms with E-state index in [9.17, 15) is 9.90 Å². The molecule has 1 amide bonds. The predicted molar refractivity (Wildman–Crippen MR) is 95.8 cm³/mol. The Morgan fingerprint density at radius 2 is 2.04 bits per heavy atom. The fourth-order valence-corrected chi connectivity index (χ4v) is 3.25. The van der Waals surface area contributed by atoms with Gasteiger partial charge in [0.1, 0.15) is 11.5 Å². The number of aromatic hydroxyl groups is 1. The zero-order valence-corrected chi connectivity index (χ0v) is 14.6. The number of carbonyl (C=O) groups excluding carboxylic acids is 1. The van der Waals surface area contributed by atoms with Gasteiger partial charge in [-0.1, -0.05) is 24.2 Å².